The molecule has 0 amide bonds. The summed E-state index contributed by atoms with van der Waals surface area (Å²) in [5, 5.41) is 0. The predicted molar refractivity (Wildman–Crippen MR) is 37.6 cm³/mol. The summed E-state index contributed by atoms with van der Waals surface area (Å²) in [5.41, 5.74) is 2.11. The van der Waals surface area contributed by atoms with Crippen molar-refractivity contribution in [3.8, 4) is 0 Å². The minimum absolute atomic E-state index is 0.993. The Labute approximate surface area is 67.8 Å². The summed E-state index contributed by atoms with van der Waals surface area (Å²) in [6.45, 7) is 1.95. The van der Waals surface area contributed by atoms with Crippen molar-refractivity contribution in [1.29, 1.82) is 0 Å². The van der Waals surface area contributed by atoms with Crippen LogP contribution in [0.4, 0.5) is 0 Å². The molecule has 1 aromatic rings. The van der Waals surface area contributed by atoms with Crippen LogP contribution in [0.3, 0.4) is 0 Å². The fourth-order valence-electron chi connectivity index (χ4n) is 0.525. The average Bonchev–Trinajstić information content (AvgIpc) is 1.90. The number of hydrogen-bond acceptors (Lipinski definition) is 2. The van der Waals surface area contributed by atoms with Crippen LogP contribution in [-0.2, 0) is 4.44 Å². The molecule has 2 radical (unpaired) electrons. The second-order valence-electron chi connectivity index (χ2n) is 1.85. The number of aryl methyl sites for hydroxylation is 1. The third-order valence-corrected chi connectivity index (χ3v) is 2.24. The molecule has 1 rings (SSSR count). The first kappa shape index (κ1) is 6.99. The molecular formula is C6H8N2Sn. The molecule has 0 aliphatic heterocycles. The van der Waals surface area contributed by atoms with E-state index in [2.05, 4.69) is 9.97 Å². The molecule has 1 heterocycles. The van der Waals surface area contributed by atoms with Crippen LogP contribution in [0.15, 0.2) is 12.4 Å². The molecular weight excluding hydrogens is 219 g/mol. The first-order valence-electron chi connectivity index (χ1n) is 2.80. The van der Waals surface area contributed by atoms with Gasteiger partial charge in [-0.15, -0.1) is 0 Å². The van der Waals surface area contributed by atoms with Gasteiger partial charge < -0.3 is 0 Å². The molecule has 0 spiro atoms. The SMILES string of the molecule is Cc1cnc([CH2][SnH])cn1. The monoisotopic (exact) mass is 228 g/mol. The Morgan fingerprint density at radius 2 is 2.22 bits per heavy atom. The minimum atomic E-state index is 0.993. The molecule has 3 heteroatoms. The maximum absolute atomic E-state index is 4.17. The molecule has 0 saturated heterocycles. The van der Waals surface area contributed by atoms with Crippen LogP contribution in [-0.4, -0.2) is 32.5 Å². The van der Waals surface area contributed by atoms with E-state index >= 15 is 0 Å². The molecule has 0 atom stereocenters. The Hall–Kier alpha value is -0.121. The average molecular weight is 227 g/mol. The normalized spacial score (nSPS) is 9.56. The quantitative estimate of drug-likeness (QED) is 0.639. The van der Waals surface area contributed by atoms with Crippen LogP contribution in [0.2, 0.25) is 0 Å². The van der Waals surface area contributed by atoms with Crippen molar-refractivity contribution in [2.45, 2.75) is 11.4 Å². The van der Waals surface area contributed by atoms with Gasteiger partial charge in [-0.05, 0) is 0 Å². The van der Waals surface area contributed by atoms with Crippen molar-refractivity contribution in [1.82, 2.24) is 9.97 Å². The van der Waals surface area contributed by atoms with Gasteiger partial charge in [0.05, 0.1) is 0 Å². The summed E-state index contributed by atoms with van der Waals surface area (Å²) in [4.78, 5) is 8.28. The molecule has 0 aliphatic carbocycles. The van der Waals surface area contributed by atoms with Crippen molar-refractivity contribution in [3.63, 3.8) is 0 Å². The standard InChI is InChI=1S/C6H7N2.Sn.H/c1-5-3-8-6(2)4-7-5;;/h3-4H,1H2,2H3;;. The zero-order chi connectivity index (χ0) is 6.69. The van der Waals surface area contributed by atoms with Gasteiger partial charge in [-0.2, -0.15) is 0 Å². The van der Waals surface area contributed by atoms with E-state index in [4.69, 9.17) is 0 Å². The number of nitrogens with zero attached hydrogens (tertiary/aromatic N) is 2. The topological polar surface area (TPSA) is 25.8 Å². The van der Waals surface area contributed by atoms with Crippen LogP contribution in [0.1, 0.15) is 11.4 Å². The molecule has 9 heavy (non-hydrogen) atoms. The van der Waals surface area contributed by atoms with Gasteiger partial charge in [0, 0.05) is 0 Å². The van der Waals surface area contributed by atoms with Gasteiger partial charge in [0.15, 0.2) is 0 Å². The Kier molecular flexibility index (Phi) is 2.45. The van der Waals surface area contributed by atoms with Crippen molar-refractivity contribution in [3.05, 3.63) is 23.8 Å². The second-order valence-corrected chi connectivity index (χ2v) is 3.02. The Morgan fingerprint density at radius 3 is 2.67 bits per heavy atom. The van der Waals surface area contributed by atoms with E-state index in [1.807, 2.05) is 19.3 Å². The fourth-order valence-corrected chi connectivity index (χ4v) is 1.13. The zero-order valence-electron chi connectivity index (χ0n) is 5.33. The first-order valence-corrected chi connectivity index (χ1v) is 5.13. The van der Waals surface area contributed by atoms with Gasteiger partial charge in [-0.25, -0.2) is 0 Å². The summed E-state index contributed by atoms with van der Waals surface area (Å²) in [5.74, 6) is 0. The molecule has 1 aromatic heterocycles. The van der Waals surface area contributed by atoms with Gasteiger partial charge in [-0.3, -0.25) is 0 Å². The number of rotatable bonds is 1. The summed E-state index contributed by atoms with van der Waals surface area (Å²) < 4.78 is 1.10. The van der Waals surface area contributed by atoms with Gasteiger partial charge in [-0.1, -0.05) is 0 Å². The number of hydrogen-bond donors (Lipinski definition) is 0. The maximum atomic E-state index is 4.17. The third-order valence-electron chi connectivity index (χ3n) is 1.04. The Bertz CT molecular complexity index is 183. The van der Waals surface area contributed by atoms with Gasteiger partial charge in [0.25, 0.3) is 0 Å². The molecule has 0 aliphatic rings. The van der Waals surface area contributed by atoms with Crippen LogP contribution in [0.25, 0.3) is 0 Å². The Balaban J connectivity index is 2.88. The van der Waals surface area contributed by atoms with E-state index in [0.29, 0.717) is 0 Å². The fraction of sp³-hybridized carbons (Fsp3) is 0.333. The molecule has 0 fully saturated rings. The zero-order valence-corrected chi connectivity index (χ0v) is 8.63. The molecule has 0 bridgehead atoms. The molecule has 2 nitrogen and oxygen atoms in total. The van der Waals surface area contributed by atoms with Crippen molar-refractivity contribution in [2.75, 3.05) is 0 Å². The molecule has 0 unspecified atom stereocenters. The molecule has 0 saturated carbocycles. The summed E-state index contributed by atoms with van der Waals surface area (Å²) in [7, 11) is 0. The van der Waals surface area contributed by atoms with E-state index in [-0.39, 0.29) is 0 Å². The Morgan fingerprint density at radius 1 is 1.44 bits per heavy atom. The van der Waals surface area contributed by atoms with Crippen molar-refractivity contribution >= 4 is 22.5 Å². The molecule has 46 valence electrons. The van der Waals surface area contributed by atoms with Crippen LogP contribution in [0, 0.1) is 6.92 Å². The second kappa shape index (κ2) is 3.15. The predicted octanol–water partition coefficient (Wildman–Crippen LogP) is 0.186. The van der Waals surface area contributed by atoms with Gasteiger partial charge in [0.1, 0.15) is 0 Å². The number of aromatic nitrogens is 2. The van der Waals surface area contributed by atoms with Crippen molar-refractivity contribution < 1.29 is 0 Å². The van der Waals surface area contributed by atoms with Crippen LogP contribution in [0.5, 0.6) is 0 Å². The van der Waals surface area contributed by atoms with Crippen LogP contribution >= 0.6 is 0 Å². The van der Waals surface area contributed by atoms with E-state index in [1.54, 1.807) is 0 Å². The summed E-state index contributed by atoms with van der Waals surface area (Å²) >= 11 is 1.23. The van der Waals surface area contributed by atoms with Gasteiger partial charge in [0.2, 0.25) is 0 Å². The van der Waals surface area contributed by atoms with E-state index in [1.165, 1.54) is 22.5 Å². The van der Waals surface area contributed by atoms with E-state index in [0.717, 1.165) is 15.8 Å². The third kappa shape index (κ3) is 1.93. The van der Waals surface area contributed by atoms with E-state index < -0.39 is 0 Å². The molecule has 0 N–H and O–H groups in total. The summed E-state index contributed by atoms with van der Waals surface area (Å²) in [6.07, 6.45) is 3.66. The molecule has 0 aromatic carbocycles. The van der Waals surface area contributed by atoms with E-state index in [9.17, 15) is 0 Å². The first-order chi connectivity index (χ1) is 4.33. The summed E-state index contributed by atoms with van der Waals surface area (Å²) in [6, 6.07) is 0. The van der Waals surface area contributed by atoms with Gasteiger partial charge >= 0.3 is 67.6 Å². The van der Waals surface area contributed by atoms with Crippen molar-refractivity contribution in [2.24, 2.45) is 0 Å². The van der Waals surface area contributed by atoms with Crippen LogP contribution < -0.4 is 0 Å².